The van der Waals surface area contributed by atoms with Crippen LogP contribution in [0.1, 0.15) is 18.2 Å². The Bertz CT molecular complexity index is 1420. The van der Waals surface area contributed by atoms with Crippen molar-refractivity contribution in [2.75, 3.05) is 24.0 Å². The van der Waals surface area contributed by atoms with Crippen molar-refractivity contribution < 1.29 is 23.0 Å². The molecule has 37 heavy (non-hydrogen) atoms. The van der Waals surface area contributed by atoms with E-state index in [1.54, 1.807) is 30.9 Å². The summed E-state index contributed by atoms with van der Waals surface area (Å²) in [6.07, 6.45) is 7.89. The van der Waals surface area contributed by atoms with Gasteiger partial charge in [-0.05, 0) is 26.0 Å². The summed E-state index contributed by atoms with van der Waals surface area (Å²) in [6, 6.07) is 2.08. The highest BCUT2D eigenvalue weighted by Crippen LogP contribution is 2.42. The molecule has 0 saturated carbocycles. The highest BCUT2D eigenvalue weighted by atomic mass is 19.1. The van der Waals surface area contributed by atoms with Gasteiger partial charge >= 0.3 is 6.03 Å². The van der Waals surface area contributed by atoms with Crippen LogP contribution in [0, 0.1) is 18.6 Å². The van der Waals surface area contributed by atoms with Crippen molar-refractivity contribution in [3.63, 3.8) is 0 Å². The number of benzene rings is 1. The Morgan fingerprint density at radius 1 is 1.19 bits per heavy atom. The molecule has 0 saturated heterocycles. The monoisotopic (exact) mass is 508 g/mol. The zero-order valence-corrected chi connectivity index (χ0v) is 21.1. The second kappa shape index (κ2) is 10.2. The van der Waals surface area contributed by atoms with Gasteiger partial charge in [-0.2, -0.15) is 5.10 Å². The molecule has 11 heteroatoms. The molecule has 3 aromatic rings. The number of allylic oxidation sites excluding steroid dienone is 2. The normalized spacial score (nSPS) is 13.8. The number of anilines is 2. The number of rotatable bonds is 7. The van der Waals surface area contributed by atoms with Crippen LogP contribution < -0.4 is 19.3 Å². The van der Waals surface area contributed by atoms with Crippen LogP contribution in [0.3, 0.4) is 0 Å². The molecule has 0 unspecified atom stereocenters. The van der Waals surface area contributed by atoms with Crippen molar-refractivity contribution in [1.82, 2.24) is 14.8 Å². The number of pyridine rings is 1. The molecule has 0 radical (unpaired) electrons. The highest BCUT2D eigenvalue weighted by Gasteiger charge is 2.38. The molecule has 1 aromatic carbocycles. The van der Waals surface area contributed by atoms with Crippen LogP contribution in [-0.4, -0.2) is 41.2 Å². The Kier molecular flexibility index (Phi) is 7.05. The number of ether oxygens (including phenoxy) is 2. The number of carbonyl (C=O) groups is 1. The van der Waals surface area contributed by atoms with Crippen LogP contribution in [-0.2, 0) is 13.6 Å². The van der Waals surface area contributed by atoms with Gasteiger partial charge in [0.15, 0.2) is 23.1 Å². The summed E-state index contributed by atoms with van der Waals surface area (Å²) in [5, 5.41) is 4.36. The highest BCUT2D eigenvalue weighted by molar-refractivity contribution is 6.09. The molecule has 0 fully saturated rings. The zero-order valence-electron chi connectivity index (χ0n) is 21.1. The molecule has 0 spiro atoms. The van der Waals surface area contributed by atoms with E-state index in [1.807, 2.05) is 13.1 Å². The number of aliphatic imine (C=N–C) groups is 1. The Balaban J connectivity index is 1.96. The van der Waals surface area contributed by atoms with Crippen molar-refractivity contribution in [1.29, 1.82) is 0 Å². The van der Waals surface area contributed by atoms with Gasteiger partial charge in [-0.25, -0.2) is 23.5 Å². The smallest absolute Gasteiger partial charge is 0.335 e. The lowest BCUT2D eigenvalue weighted by molar-refractivity contribution is 0.251. The predicted octanol–water partition coefficient (Wildman–Crippen LogP) is 5.15. The lowest BCUT2D eigenvalue weighted by atomic mass is 10.1. The van der Waals surface area contributed by atoms with E-state index in [2.05, 4.69) is 21.7 Å². The summed E-state index contributed by atoms with van der Waals surface area (Å²) < 4.78 is 42.6. The van der Waals surface area contributed by atoms with Crippen LogP contribution in [0.5, 0.6) is 11.5 Å². The molecule has 0 aliphatic carbocycles. The number of hydrogen-bond donors (Lipinski definition) is 0. The maximum atomic E-state index is 15.4. The SMILES string of the molecule is C=C/C=C(\N=C/C)N1C(=O)N(c2c(F)c(OC)cc(OC)c2F)Cc2cnc(-c3cn(C)nc3C)cc21. The maximum Gasteiger partial charge on any atom is 0.335 e. The van der Waals surface area contributed by atoms with E-state index in [4.69, 9.17) is 9.47 Å². The van der Waals surface area contributed by atoms with Crippen LogP contribution in [0.4, 0.5) is 25.0 Å². The Morgan fingerprint density at radius 3 is 2.41 bits per heavy atom. The summed E-state index contributed by atoms with van der Waals surface area (Å²) in [5.41, 5.74) is 2.50. The van der Waals surface area contributed by atoms with E-state index in [0.717, 1.165) is 22.2 Å². The number of nitrogens with zero attached hydrogens (tertiary/aromatic N) is 6. The fourth-order valence-corrected chi connectivity index (χ4v) is 4.18. The van der Waals surface area contributed by atoms with Gasteiger partial charge in [-0.1, -0.05) is 12.7 Å². The van der Waals surface area contributed by atoms with Crippen LogP contribution in [0.2, 0.25) is 0 Å². The molecule has 1 aliphatic rings. The number of amides is 2. The third-order valence-corrected chi connectivity index (χ3v) is 5.82. The molecule has 1 aliphatic heterocycles. The van der Waals surface area contributed by atoms with Crippen molar-refractivity contribution in [3.05, 3.63) is 72.0 Å². The first kappa shape index (κ1) is 25.5. The first-order valence-electron chi connectivity index (χ1n) is 11.3. The number of urea groups is 1. The molecule has 2 amide bonds. The van der Waals surface area contributed by atoms with E-state index in [1.165, 1.54) is 37.5 Å². The fourth-order valence-electron chi connectivity index (χ4n) is 4.18. The molecular formula is C26H26F2N6O3. The van der Waals surface area contributed by atoms with E-state index in [-0.39, 0.29) is 23.9 Å². The Labute approximate surface area is 213 Å². The van der Waals surface area contributed by atoms with Gasteiger partial charge in [-0.3, -0.25) is 14.6 Å². The number of carbonyl (C=O) groups excluding carboxylic acids is 1. The predicted molar refractivity (Wildman–Crippen MR) is 137 cm³/mol. The lowest BCUT2D eigenvalue weighted by Crippen LogP contribution is -2.47. The average molecular weight is 509 g/mol. The van der Waals surface area contributed by atoms with Gasteiger partial charge in [0, 0.05) is 42.8 Å². The first-order valence-corrected chi connectivity index (χ1v) is 11.3. The summed E-state index contributed by atoms with van der Waals surface area (Å²) in [5.74, 6) is -2.42. The minimum Gasteiger partial charge on any atom is -0.493 e. The minimum atomic E-state index is -1.04. The van der Waals surface area contributed by atoms with Crippen LogP contribution in [0.25, 0.3) is 11.3 Å². The largest absolute Gasteiger partial charge is 0.493 e. The molecule has 3 heterocycles. The summed E-state index contributed by atoms with van der Waals surface area (Å²) >= 11 is 0. The van der Waals surface area contributed by atoms with E-state index >= 15 is 8.78 Å². The van der Waals surface area contributed by atoms with Gasteiger partial charge < -0.3 is 9.47 Å². The quantitative estimate of drug-likeness (QED) is 0.326. The van der Waals surface area contributed by atoms with E-state index in [0.29, 0.717) is 16.9 Å². The second-order valence-electron chi connectivity index (χ2n) is 8.11. The van der Waals surface area contributed by atoms with Crippen molar-refractivity contribution in [2.24, 2.45) is 12.0 Å². The second-order valence-corrected chi connectivity index (χ2v) is 8.11. The number of fused-ring (bicyclic) bond motifs is 1. The van der Waals surface area contributed by atoms with Gasteiger partial charge in [-0.15, -0.1) is 0 Å². The van der Waals surface area contributed by atoms with Gasteiger partial charge in [0.2, 0.25) is 0 Å². The number of hydrogen-bond acceptors (Lipinski definition) is 6. The van der Waals surface area contributed by atoms with Gasteiger partial charge in [0.1, 0.15) is 11.5 Å². The Hall–Kier alpha value is -4.54. The molecule has 9 nitrogen and oxygen atoms in total. The third kappa shape index (κ3) is 4.44. The fraction of sp³-hybridized carbons (Fsp3) is 0.231. The number of aromatic nitrogens is 3. The maximum absolute atomic E-state index is 15.4. The summed E-state index contributed by atoms with van der Waals surface area (Å²) in [7, 11) is 4.28. The van der Waals surface area contributed by atoms with Gasteiger partial charge in [0.05, 0.1) is 37.8 Å². The molecule has 192 valence electrons. The zero-order chi connectivity index (χ0) is 26.9. The molecule has 2 aromatic heterocycles. The standard InChI is InChI=1S/C26H26F2N6O3/c1-7-9-22(29-8-2)34-19-10-18(17-14-32(4)31-15(17)3)30-12-16(19)13-33(26(34)35)25-23(27)20(36-5)11-21(37-6)24(25)28/h7-12,14H,1,13H2,2-6H3/b22-9+,29-8-. The summed E-state index contributed by atoms with van der Waals surface area (Å²) in [6.45, 7) is 7.09. The third-order valence-electron chi connectivity index (χ3n) is 5.82. The van der Waals surface area contributed by atoms with Crippen LogP contribution >= 0.6 is 0 Å². The number of methoxy groups -OCH3 is 2. The molecule has 0 N–H and O–H groups in total. The molecule has 4 rings (SSSR count). The van der Waals surface area contributed by atoms with Crippen molar-refractivity contribution >= 4 is 23.6 Å². The van der Waals surface area contributed by atoms with Crippen molar-refractivity contribution in [2.45, 2.75) is 20.4 Å². The molecular weight excluding hydrogens is 482 g/mol. The summed E-state index contributed by atoms with van der Waals surface area (Å²) in [4.78, 5) is 25.1. The number of aryl methyl sites for hydroxylation is 2. The lowest BCUT2D eigenvalue weighted by Gasteiger charge is -2.37. The molecule has 0 bridgehead atoms. The van der Waals surface area contributed by atoms with E-state index in [9.17, 15) is 4.79 Å². The molecule has 0 atom stereocenters. The topological polar surface area (TPSA) is 85.1 Å². The number of halogens is 2. The van der Waals surface area contributed by atoms with Gasteiger partial charge in [0.25, 0.3) is 0 Å². The van der Waals surface area contributed by atoms with Crippen LogP contribution in [0.15, 0.2) is 54.1 Å². The minimum absolute atomic E-state index is 0.161. The first-order chi connectivity index (χ1) is 17.7. The van der Waals surface area contributed by atoms with Crippen molar-refractivity contribution in [3.8, 4) is 22.8 Å². The van der Waals surface area contributed by atoms with E-state index < -0.39 is 23.4 Å². The average Bonchev–Trinajstić information content (AvgIpc) is 3.22. The Morgan fingerprint density at radius 2 is 1.86 bits per heavy atom.